The van der Waals surface area contributed by atoms with E-state index >= 15 is 0 Å². The summed E-state index contributed by atoms with van der Waals surface area (Å²) in [7, 11) is 1.14. The number of phenols is 1. The van der Waals surface area contributed by atoms with Crippen molar-refractivity contribution in [3.63, 3.8) is 0 Å². The largest absolute Gasteiger partial charge is 0.497 e. The second-order valence-corrected chi connectivity index (χ2v) is 3.87. The molecule has 0 unspecified atom stereocenters. The predicted octanol–water partition coefficient (Wildman–Crippen LogP) is 1.18. The summed E-state index contributed by atoms with van der Waals surface area (Å²) in [5.74, 6) is -1.38. The SMILES string of the molecule is CNC(=O)Nc1c([N+](=O)[O-])c(C)c([N+](=O)[O-])c(O)c1[N+](=O)[O-]. The van der Waals surface area contributed by atoms with E-state index in [4.69, 9.17) is 0 Å². The average Bonchev–Trinajstić information content (AvgIpc) is 2.36. The quantitative estimate of drug-likeness (QED) is 0.544. The first-order chi connectivity index (χ1) is 10.1. The second kappa shape index (κ2) is 5.86. The third kappa shape index (κ3) is 2.67. The number of benzene rings is 1. The smallest absolute Gasteiger partial charge is 0.348 e. The van der Waals surface area contributed by atoms with Crippen LogP contribution in [0.1, 0.15) is 5.56 Å². The summed E-state index contributed by atoms with van der Waals surface area (Å²) in [6.07, 6.45) is 0. The molecule has 0 aliphatic carbocycles. The van der Waals surface area contributed by atoms with Crippen LogP contribution in [0.3, 0.4) is 0 Å². The van der Waals surface area contributed by atoms with Gasteiger partial charge in [-0.25, -0.2) is 4.79 Å². The third-order valence-electron chi connectivity index (χ3n) is 2.65. The Morgan fingerprint density at radius 1 is 1.00 bits per heavy atom. The monoisotopic (exact) mass is 315 g/mol. The molecule has 2 amide bonds. The van der Waals surface area contributed by atoms with Gasteiger partial charge < -0.3 is 10.4 Å². The molecule has 0 atom stereocenters. The Balaban J connectivity index is 3.93. The lowest BCUT2D eigenvalue weighted by Crippen LogP contribution is -2.25. The van der Waals surface area contributed by atoms with Gasteiger partial charge >= 0.3 is 23.1 Å². The van der Waals surface area contributed by atoms with Crippen molar-refractivity contribution in [3.05, 3.63) is 35.9 Å². The van der Waals surface area contributed by atoms with Gasteiger partial charge in [-0.3, -0.25) is 35.7 Å². The zero-order valence-electron chi connectivity index (χ0n) is 11.1. The summed E-state index contributed by atoms with van der Waals surface area (Å²) in [5.41, 5.74) is -5.16. The van der Waals surface area contributed by atoms with Crippen molar-refractivity contribution in [1.29, 1.82) is 0 Å². The van der Waals surface area contributed by atoms with E-state index in [1.54, 1.807) is 0 Å². The molecule has 0 spiro atoms. The maximum absolute atomic E-state index is 11.3. The summed E-state index contributed by atoms with van der Waals surface area (Å²) in [6.45, 7) is 0.925. The number of nitro benzene ring substituents is 3. The molecular formula is C9H9N5O8. The number of anilines is 1. The molecular weight excluding hydrogens is 306 g/mol. The van der Waals surface area contributed by atoms with Gasteiger partial charge in [0.1, 0.15) is 5.56 Å². The minimum atomic E-state index is -1.38. The van der Waals surface area contributed by atoms with Crippen LogP contribution >= 0.6 is 0 Å². The molecule has 1 aromatic rings. The summed E-state index contributed by atoms with van der Waals surface area (Å²) >= 11 is 0. The standard InChI is InChI=1S/C9H9N5O8/c1-3-5(12(17)18)4(11-9(16)10-2)7(14(21)22)8(15)6(3)13(19)20/h15H,1-2H3,(H2,10,11,16). The van der Waals surface area contributed by atoms with Crippen LogP contribution in [-0.2, 0) is 0 Å². The van der Waals surface area contributed by atoms with Gasteiger partial charge in [0.15, 0.2) is 0 Å². The number of phenolic OH excluding ortho intramolecular Hbond substituents is 1. The maximum Gasteiger partial charge on any atom is 0.348 e. The molecule has 0 aliphatic heterocycles. The first-order valence-corrected chi connectivity index (χ1v) is 5.44. The highest BCUT2D eigenvalue weighted by molar-refractivity contribution is 5.98. The molecule has 0 aliphatic rings. The van der Waals surface area contributed by atoms with Gasteiger partial charge in [-0.15, -0.1) is 0 Å². The molecule has 0 saturated carbocycles. The van der Waals surface area contributed by atoms with Crippen molar-refractivity contribution in [3.8, 4) is 5.75 Å². The molecule has 1 rings (SSSR count). The predicted molar refractivity (Wildman–Crippen MR) is 70.9 cm³/mol. The second-order valence-electron chi connectivity index (χ2n) is 3.87. The number of rotatable bonds is 4. The molecule has 118 valence electrons. The number of carbonyl (C=O) groups is 1. The van der Waals surface area contributed by atoms with Crippen molar-refractivity contribution < 1.29 is 24.7 Å². The Morgan fingerprint density at radius 2 is 1.45 bits per heavy atom. The molecule has 22 heavy (non-hydrogen) atoms. The molecule has 13 heteroatoms. The summed E-state index contributed by atoms with van der Waals surface area (Å²) < 4.78 is 0. The molecule has 3 N–H and O–H groups in total. The highest BCUT2D eigenvalue weighted by atomic mass is 16.6. The number of hydrogen-bond acceptors (Lipinski definition) is 8. The molecule has 0 aromatic heterocycles. The van der Waals surface area contributed by atoms with E-state index in [1.807, 2.05) is 10.6 Å². The van der Waals surface area contributed by atoms with Crippen molar-refractivity contribution in [2.45, 2.75) is 6.92 Å². The molecule has 0 radical (unpaired) electrons. The Labute approximate surface area is 121 Å². The van der Waals surface area contributed by atoms with E-state index in [0.717, 1.165) is 14.0 Å². The Hall–Kier alpha value is -3.51. The number of urea groups is 1. The lowest BCUT2D eigenvalue weighted by Gasteiger charge is -2.10. The van der Waals surface area contributed by atoms with Gasteiger partial charge in [0.05, 0.1) is 14.8 Å². The first-order valence-electron chi connectivity index (χ1n) is 5.44. The van der Waals surface area contributed by atoms with E-state index in [-0.39, 0.29) is 0 Å². The van der Waals surface area contributed by atoms with Gasteiger partial charge in [-0.1, -0.05) is 0 Å². The average molecular weight is 315 g/mol. The minimum absolute atomic E-state index is 0.635. The highest BCUT2D eigenvalue weighted by Crippen LogP contribution is 2.49. The van der Waals surface area contributed by atoms with E-state index in [9.17, 15) is 40.2 Å². The van der Waals surface area contributed by atoms with Gasteiger partial charge in [0.2, 0.25) is 5.69 Å². The van der Waals surface area contributed by atoms with Crippen LogP contribution in [0.4, 0.5) is 27.5 Å². The van der Waals surface area contributed by atoms with Gasteiger partial charge in [0, 0.05) is 7.05 Å². The van der Waals surface area contributed by atoms with E-state index in [0.29, 0.717) is 0 Å². The van der Waals surface area contributed by atoms with Crippen molar-refractivity contribution in [1.82, 2.24) is 5.32 Å². The number of nitrogens with zero attached hydrogens (tertiary/aromatic N) is 3. The first kappa shape index (κ1) is 16.5. The van der Waals surface area contributed by atoms with Crippen LogP contribution in [0.5, 0.6) is 5.75 Å². The lowest BCUT2D eigenvalue weighted by molar-refractivity contribution is -0.404. The summed E-state index contributed by atoms with van der Waals surface area (Å²) in [6, 6.07) is -1.04. The van der Waals surface area contributed by atoms with E-state index < -0.39 is 54.9 Å². The lowest BCUT2D eigenvalue weighted by atomic mass is 10.1. The van der Waals surface area contributed by atoms with Gasteiger partial charge in [-0.05, 0) is 6.92 Å². The molecule has 0 bridgehead atoms. The zero-order valence-corrected chi connectivity index (χ0v) is 11.1. The van der Waals surface area contributed by atoms with Crippen LogP contribution in [0.2, 0.25) is 0 Å². The highest BCUT2D eigenvalue weighted by Gasteiger charge is 2.41. The molecule has 0 fully saturated rings. The van der Waals surface area contributed by atoms with Crippen LogP contribution in [0.15, 0.2) is 0 Å². The third-order valence-corrected chi connectivity index (χ3v) is 2.65. The van der Waals surface area contributed by atoms with Crippen molar-refractivity contribution in [2.24, 2.45) is 0 Å². The van der Waals surface area contributed by atoms with Crippen LogP contribution < -0.4 is 10.6 Å². The van der Waals surface area contributed by atoms with Gasteiger partial charge in [-0.2, -0.15) is 0 Å². The number of hydrogen-bond donors (Lipinski definition) is 3. The van der Waals surface area contributed by atoms with Crippen LogP contribution in [-0.4, -0.2) is 33.0 Å². The number of carbonyl (C=O) groups excluding carboxylic acids is 1. The number of nitrogens with one attached hydrogen (secondary N) is 2. The molecule has 1 aromatic carbocycles. The number of aromatic hydroxyl groups is 1. The molecule has 0 saturated heterocycles. The fourth-order valence-corrected chi connectivity index (χ4v) is 1.74. The van der Waals surface area contributed by atoms with Crippen molar-refractivity contribution >= 4 is 28.8 Å². The fourth-order valence-electron chi connectivity index (χ4n) is 1.74. The zero-order chi connectivity index (χ0) is 17.2. The van der Waals surface area contributed by atoms with Crippen LogP contribution in [0, 0.1) is 37.3 Å². The van der Waals surface area contributed by atoms with Crippen molar-refractivity contribution in [2.75, 3.05) is 12.4 Å². The Bertz CT molecular complexity index is 659. The molecule has 0 heterocycles. The van der Waals surface area contributed by atoms with E-state index in [2.05, 4.69) is 0 Å². The summed E-state index contributed by atoms with van der Waals surface area (Å²) in [5, 5.41) is 46.5. The minimum Gasteiger partial charge on any atom is -0.497 e. The number of amides is 2. The Morgan fingerprint density at radius 3 is 1.82 bits per heavy atom. The van der Waals surface area contributed by atoms with Gasteiger partial charge in [0.25, 0.3) is 5.75 Å². The fraction of sp³-hybridized carbons (Fsp3) is 0.222. The maximum atomic E-state index is 11.3. The molecule has 13 nitrogen and oxygen atoms in total. The van der Waals surface area contributed by atoms with E-state index in [1.165, 1.54) is 0 Å². The summed E-state index contributed by atoms with van der Waals surface area (Å²) in [4.78, 5) is 40.7. The number of nitro groups is 3. The Kier molecular flexibility index (Phi) is 4.41. The topological polar surface area (TPSA) is 191 Å². The normalized spacial score (nSPS) is 9.91. The van der Waals surface area contributed by atoms with Crippen LogP contribution in [0.25, 0.3) is 0 Å².